The molecule has 0 saturated heterocycles. The minimum Gasteiger partial charge on any atom is -0.480 e. The minimum absolute atomic E-state index is 0.166. The van der Waals surface area contributed by atoms with Crippen LogP contribution in [-0.4, -0.2) is 50.5 Å². The number of thioether (sulfide) groups is 1. The van der Waals surface area contributed by atoms with Crippen molar-refractivity contribution in [2.45, 2.75) is 24.4 Å². The molecule has 122 valence electrons. The SMILES string of the molecule is COc1nc2c(cc1C(=O)NCCSc1nnnn1C)CCC2. The van der Waals surface area contributed by atoms with Crippen molar-refractivity contribution in [2.24, 2.45) is 7.05 Å². The van der Waals surface area contributed by atoms with Crippen molar-refractivity contribution in [3.63, 3.8) is 0 Å². The van der Waals surface area contributed by atoms with Gasteiger partial charge in [-0.3, -0.25) is 4.79 Å². The number of carbonyl (C=O) groups is 1. The number of hydrogen-bond acceptors (Lipinski definition) is 7. The second-order valence-corrected chi connectivity index (χ2v) is 6.26. The molecule has 0 atom stereocenters. The molecule has 0 aliphatic heterocycles. The third-order valence-electron chi connectivity index (χ3n) is 3.65. The summed E-state index contributed by atoms with van der Waals surface area (Å²) in [4.78, 5) is 16.8. The fourth-order valence-corrected chi connectivity index (χ4v) is 3.22. The fraction of sp³-hybridized carbons (Fsp3) is 0.500. The maximum atomic E-state index is 12.4. The lowest BCUT2D eigenvalue weighted by Crippen LogP contribution is -2.26. The van der Waals surface area contributed by atoms with E-state index in [1.165, 1.54) is 18.9 Å². The highest BCUT2D eigenvalue weighted by Gasteiger charge is 2.20. The molecule has 0 spiro atoms. The topological polar surface area (TPSA) is 94.8 Å². The molecule has 1 N–H and O–H groups in total. The van der Waals surface area contributed by atoms with Crippen LogP contribution in [0.2, 0.25) is 0 Å². The van der Waals surface area contributed by atoms with E-state index < -0.39 is 0 Å². The standard InChI is InChI=1S/C14H18N6O2S/c1-20-14(17-18-19-20)23-7-6-15-12(21)10-8-9-4-3-5-11(9)16-13(10)22-2/h8H,3-7H2,1-2H3,(H,15,21). The first kappa shape index (κ1) is 15.7. The molecule has 0 saturated carbocycles. The fourth-order valence-electron chi connectivity index (χ4n) is 2.52. The summed E-state index contributed by atoms with van der Waals surface area (Å²) in [6.45, 7) is 0.511. The van der Waals surface area contributed by atoms with E-state index in [9.17, 15) is 4.79 Å². The lowest BCUT2D eigenvalue weighted by molar-refractivity contribution is 0.0952. The highest BCUT2D eigenvalue weighted by molar-refractivity contribution is 7.99. The Bertz CT molecular complexity index is 717. The van der Waals surface area contributed by atoms with Crippen LogP contribution in [0.3, 0.4) is 0 Å². The van der Waals surface area contributed by atoms with Gasteiger partial charge in [0.2, 0.25) is 11.0 Å². The van der Waals surface area contributed by atoms with Crippen LogP contribution in [0.25, 0.3) is 0 Å². The summed E-state index contributed by atoms with van der Waals surface area (Å²) in [6.07, 6.45) is 3.01. The van der Waals surface area contributed by atoms with Gasteiger partial charge in [-0.2, -0.15) is 0 Å². The summed E-state index contributed by atoms with van der Waals surface area (Å²) in [6, 6.07) is 1.91. The van der Waals surface area contributed by atoms with E-state index in [2.05, 4.69) is 25.8 Å². The second-order valence-electron chi connectivity index (χ2n) is 5.19. The molecule has 2 heterocycles. The number of nitrogens with zero attached hydrogens (tertiary/aromatic N) is 5. The molecule has 0 radical (unpaired) electrons. The highest BCUT2D eigenvalue weighted by Crippen LogP contribution is 2.26. The number of carbonyl (C=O) groups excluding carboxylic acids is 1. The van der Waals surface area contributed by atoms with Gasteiger partial charge in [-0.1, -0.05) is 11.8 Å². The maximum Gasteiger partial charge on any atom is 0.256 e. The average molecular weight is 334 g/mol. The van der Waals surface area contributed by atoms with Gasteiger partial charge < -0.3 is 10.1 Å². The Hall–Kier alpha value is -2.16. The molecule has 1 amide bonds. The summed E-state index contributed by atoms with van der Waals surface area (Å²) >= 11 is 1.49. The van der Waals surface area contributed by atoms with Gasteiger partial charge in [-0.15, -0.1) is 5.10 Å². The number of methoxy groups -OCH3 is 1. The van der Waals surface area contributed by atoms with Crippen molar-refractivity contribution in [3.8, 4) is 5.88 Å². The number of hydrogen-bond donors (Lipinski definition) is 1. The molecule has 23 heavy (non-hydrogen) atoms. The van der Waals surface area contributed by atoms with E-state index in [0.717, 1.165) is 35.7 Å². The van der Waals surface area contributed by atoms with Crippen LogP contribution in [0.1, 0.15) is 28.0 Å². The van der Waals surface area contributed by atoms with Gasteiger partial charge >= 0.3 is 0 Å². The molecule has 2 aromatic heterocycles. The van der Waals surface area contributed by atoms with Crippen molar-refractivity contribution < 1.29 is 9.53 Å². The van der Waals surface area contributed by atoms with Gasteiger partial charge in [0.1, 0.15) is 5.56 Å². The van der Waals surface area contributed by atoms with Crippen LogP contribution < -0.4 is 10.1 Å². The zero-order valence-electron chi connectivity index (χ0n) is 13.1. The average Bonchev–Trinajstić information content (AvgIpc) is 3.18. The number of nitrogens with one attached hydrogen (secondary N) is 1. The van der Waals surface area contributed by atoms with Gasteiger partial charge in [0.05, 0.1) is 7.11 Å². The third kappa shape index (κ3) is 3.44. The molecule has 8 nitrogen and oxygen atoms in total. The highest BCUT2D eigenvalue weighted by atomic mass is 32.2. The van der Waals surface area contributed by atoms with E-state index in [-0.39, 0.29) is 5.91 Å². The number of fused-ring (bicyclic) bond motifs is 1. The maximum absolute atomic E-state index is 12.4. The summed E-state index contributed by atoms with van der Waals surface area (Å²) in [5.74, 6) is 0.912. The van der Waals surface area contributed by atoms with Crippen LogP contribution >= 0.6 is 11.8 Å². The third-order valence-corrected chi connectivity index (χ3v) is 4.67. The Morgan fingerprint density at radius 2 is 2.35 bits per heavy atom. The van der Waals surface area contributed by atoms with Gasteiger partial charge in [0, 0.05) is 25.0 Å². The van der Waals surface area contributed by atoms with Crippen LogP contribution in [0, 0.1) is 0 Å². The first-order valence-electron chi connectivity index (χ1n) is 7.39. The van der Waals surface area contributed by atoms with Crippen molar-refractivity contribution >= 4 is 17.7 Å². The van der Waals surface area contributed by atoms with Crippen LogP contribution in [-0.2, 0) is 19.9 Å². The lowest BCUT2D eigenvalue weighted by atomic mass is 10.1. The zero-order chi connectivity index (χ0) is 16.2. The van der Waals surface area contributed by atoms with Crippen LogP contribution in [0.15, 0.2) is 11.2 Å². The Labute approximate surface area is 138 Å². The van der Waals surface area contributed by atoms with Crippen molar-refractivity contribution in [1.29, 1.82) is 0 Å². The molecule has 9 heteroatoms. The van der Waals surface area contributed by atoms with Crippen molar-refractivity contribution in [3.05, 3.63) is 22.9 Å². The van der Waals surface area contributed by atoms with Gasteiger partial charge in [-0.05, 0) is 41.3 Å². The monoisotopic (exact) mass is 334 g/mol. The Kier molecular flexibility index (Phi) is 4.75. The van der Waals surface area contributed by atoms with Crippen molar-refractivity contribution in [1.82, 2.24) is 30.5 Å². The predicted molar refractivity (Wildman–Crippen MR) is 84.7 cm³/mol. The Morgan fingerprint density at radius 3 is 3.09 bits per heavy atom. The van der Waals surface area contributed by atoms with Crippen LogP contribution in [0.4, 0.5) is 0 Å². The predicted octanol–water partition coefficient (Wildman–Crippen LogP) is 0.624. The number of ether oxygens (including phenoxy) is 1. The molecular weight excluding hydrogens is 316 g/mol. The van der Waals surface area contributed by atoms with E-state index in [1.807, 2.05) is 6.07 Å². The van der Waals surface area contributed by atoms with E-state index in [4.69, 9.17) is 4.74 Å². The summed E-state index contributed by atoms with van der Waals surface area (Å²) < 4.78 is 6.86. The zero-order valence-corrected chi connectivity index (χ0v) is 13.9. The largest absolute Gasteiger partial charge is 0.480 e. The normalized spacial score (nSPS) is 13.0. The molecule has 0 bridgehead atoms. The molecule has 0 unspecified atom stereocenters. The lowest BCUT2D eigenvalue weighted by Gasteiger charge is -2.10. The molecular formula is C14H18N6O2S. The molecule has 1 aliphatic rings. The summed E-state index contributed by atoms with van der Waals surface area (Å²) in [7, 11) is 3.32. The number of rotatable bonds is 6. The van der Waals surface area contributed by atoms with E-state index >= 15 is 0 Å². The Balaban J connectivity index is 1.59. The van der Waals surface area contributed by atoms with Gasteiger partial charge in [-0.25, -0.2) is 9.67 Å². The van der Waals surface area contributed by atoms with Gasteiger partial charge in [0.25, 0.3) is 5.91 Å². The number of tetrazole rings is 1. The molecule has 0 fully saturated rings. The minimum atomic E-state index is -0.166. The number of aromatic nitrogens is 5. The van der Waals surface area contributed by atoms with Gasteiger partial charge in [0.15, 0.2) is 0 Å². The van der Waals surface area contributed by atoms with E-state index in [0.29, 0.717) is 23.7 Å². The smallest absolute Gasteiger partial charge is 0.256 e. The summed E-state index contributed by atoms with van der Waals surface area (Å²) in [5, 5.41) is 14.8. The second kappa shape index (κ2) is 6.95. The number of amides is 1. The van der Waals surface area contributed by atoms with Crippen LogP contribution in [0.5, 0.6) is 5.88 Å². The quantitative estimate of drug-likeness (QED) is 0.611. The molecule has 1 aliphatic carbocycles. The number of aryl methyl sites for hydroxylation is 3. The van der Waals surface area contributed by atoms with E-state index in [1.54, 1.807) is 11.7 Å². The molecule has 3 rings (SSSR count). The first-order chi connectivity index (χ1) is 11.2. The van der Waals surface area contributed by atoms with Crippen molar-refractivity contribution in [2.75, 3.05) is 19.4 Å². The summed E-state index contributed by atoms with van der Waals surface area (Å²) in [5.41, 5.74) is 2.69. The Morgan fingerprint density at radius 1 is 1.48 bits per heavy atom. The first-order valence-corrected chi connectivity index (χ1v) is 8.37. The number of pyridine rings is 1. The molecule has 0 aromatic carbocycles. The molecule has 2 aromatic rings.